The van der Waals surface area contributed by atoms with Crippen LogP contribution in [0.2, 0.25) is 0 Å². The summed E-state index contributed by atoms with van der Waals surface area (Å²) in [5.74, 6) is 0.866. The predicted octanol–water partition coefficient (Wildman–Crippen LogP) is 2.06. The van der Waals surface area contributed by atoms with Crippen LogP contribution in [0.25, 0.3) is 0 Å². The standard InChI is InChI=1S/C14H26N4S/c1-11(2)18(5)8-7-16-14(15-4)17-10-13-12(3)6-9-19-13/h6,9,11H,7-8,10H2,1-5H3,(H2,15,16,17). The lowest BCUT2D eigenvalue weighted by Crippen LogP contribution is -2.41. The second-order valence-electron chi connectivity index (χ2n) is 4.95. The Morgan fingerprint density at radius 2 is 2.16 bits per heavy atom. The molecule has 0 saturated heterocycles. The third-order valence-electron chi connectivity index (χ3n) is 3.25. The molecular formula is C14H26N4S. The summed E-state index contributed by atoms with van der Waals surface area (Å²) in [6.45, 7) is 9.29. The number of thiophene rings is 1. The molecule has 0 unspecified atom stereocenters. The van der Waals surface area contributed by atoms with Gasteiger partial charge in [-0.3, -0.25) is 4.99 Å². The van der Waals surface area contributed by atoms with Crippen molar-refractivity contribution in [3.8, 4) is 0 Å². The third kappa shape index (κ3) is 5.61. The summed E-state index contributed by atoms with van der Waals surface area (Å²) in [6.07, 6.45) is 0. The largest absolute Gasteiger partial charge is 0.355 e. The summed E-state index contributed by atoms with van der Waals surface area (Å²) < 4.78 is 0. The smallest absolute Gasteiger partial charge is 0.191 e. The van der Waals surface area contributed by atoms with Gasteiger partial charge in [0.15, 0.2) is 5.96 Å². The molecule has 0 radical (unpaired) electrons. The summed E-state index contributed by atoms with van der Waals surface area (Å²) in [4.78, 5) is 7.91. The molecule has 2 N–H and O–H groups in total. The van der Waals surface area contributed by atoms with Crippen molar-refractivity contribution >= 4 is 17.3 Å². The van der Waals surface area contributed by atoms with Crippen LogP contribution in [0.3, 0.4) is 0 Å². The average Bonchev–Trinajstić information content (AvgIpc) is 2.78. The van der Waals surface area contributed by atoms with Gasteiger partial charge in [0.2, 0.25) is 0 Å². The fourth-order valence-electron chi connectivity index (χ4n) is 1.58. The molecule has 0 aliphatic heterocycles. The molecule has 1 rings (SSSR count). The summed E-state index contributed by atoms with van der Waals surface area (Å²) in [5, 5.41) is 8.81. The van der Waals surface area contributed by atoms with Gasteiger partial charge in [-0.2, -0.15) is 0 Å². The molecule has 0 amide bonds. The second-order valence-corrected chi connectivity index (χ2v) is 5.95. The molecule has 0 saturated carbocycles. The van der Waals surface area contributed by atoms with Crippen molar-refractivity contribution in [2.45, 2.75) is 33.4 Å². The van der Waals surface area contributed by atoms with E-state index in [0.29, 0.717) is 6.04 Å². The molecular weight excluding hydrogens is 256 g/mol. The monoisotopic (exact) mass is 282 g/mol. The van der Waals surface area contributed by atoms with E-state index in [1.165, 1.54) is 10.4 Å². The van der Waals surface area contributed by atoms with Crippen molar-refractivity contribution in [3.05, 3.63) is 21.9 Å². The van der Waals surface area contributed by atoms with Crippen LogP contribution in [0.5, 0.6) is 0 Å². The van der Waals surface area contributed by atoms with Gasteiger partial charge in [-0.25, -0.2) is 0 Å². The molecule has 0 aliphatic carbocycles. The molecule has 1 aromatic heterocycles. The van der Waals surface area contributed by atoms with E-state index in [-0.39, 0.29) is 0 Å². The van der Waals surface area contributed by atoms with E-state index in [4.69, 9.17) is 0 Å². The fraction of sp³-hybridized carbons (Fsp3) is 0.643. The fourth-order valence-corrected chi connectivity index (χ4v) is 2.42. The summed E-state index contributed by atoms with van der Waals surface area (Å²) >= 11 is 1.78. The molecule has 1 heterocycles. The van der Waals surface area contributed by atoms with E-state index in [9.17, 15) is 0 Å². The van der Waals surface area contributed by atoms with Crippen molar-refractivity contribution in [1.29, 1.82) is 0 Å². The molecule has 19 heavy (non-hydrogen) atoms. The van der Waals surface area contributed by atoms with Crippen LogP contribution in [-0.4, -0.2) is 44.1 Å². The van der Waals surface area contributed by atoms with Gasteiger partial charge in [0, 0.05) is 31.1 Å². The maximum atomic E-state index is 4.24. The summed E-state index contributed by atoms with van der Waals surface area (Å²) in [7, 11) is 3.94. The Morgan fingerprint density at radius 3 is 2.68 bits per heavy atom. The van der Waals surface area contributed by atoms with E-state index in [1.54, 1.807) is 11.3 Å². The Labute approximate surface area is 120 Å². The number of likely N-dealkylation sites (N-methyl/N-ethyl adjacent to an activating group) is 1. The number of nitrogens with one attached hydrogen (secondary N) is 2. The number of rotatable bonds is 6. The molecule has 1 aromatic rings. The molecule has 0 fully saturated rings. The number of aryl methyl sites for hydroxylation is 1. The first kappa shape index (κ1) is 16.0. The highest BCUT2D eigenvalue weighted by atomic mass is 32.1. The Bertz CT molecular complexity index is 398. The van der Waals surface area contributed by atoms with Gasteiger partial charge in [-0.05, 0) is 44.8 Å². The average molecular weight is 282 g/mol. The molecule has 0 spiro atoms. The maximum absolute atomic E-state index is 4.24. The highest BCUT2D eigenvalue weighted by Gasteiger charge is 2.04. The van der Waals surface area contributed by atoms with Crippen LogP contribution in [-0.2, 0) is 6.54 Å². The Hall–Kier alpha value is -1.07. The number of aliphatic imine (C=N–C) groups is 1. The van der Waals surface area contributed by atoms with Crippen LogP contribution >= 0.6 is 11.3 Å². The molecule has 5 heteroatoms. The van der Waals surface area contributed by atoms with Crippen LogP contribution in [0.1, 0.15) is 24.3 Å². The summed E-state index contributed by atoms with van der Waals surface area (Å²) in [5.41, 5.74) is 1.34. The normalized spacial score (nSPS) is 12.3. The van der Waals surface area contributed by atoms with Crippen LogP contribution < -0.4 is 10.6 Å². The zero-order valence-corrected chi connectivity index (χ0v) is 13.5. The van der Waals surface area contributed by atoms with Crippen LogP contribution in [0.15, 0.2) is 16.4 Å². The second kappa shape index (κ2) is 8.17. The van der Waals surface area contributed by atoms with E-state index in [2.05, 4.69) is 59.8 Å². The minimum Gasteiger partial charge on any atom is -0.355 e. The lowest BCUT2D eigenvalue weighted by atomic mass is 10.3. The van der Waals surface area contributed by atoms with E-state index >= 15 is 0 Å². The van der Waals surface area contributed by atoms with Gasteiger partial charge in [0.1, 0.15) is 0 Å². The van der Waals surface area contributed by atoms with Crippen molar-refractivity contribution in [2.24, 2.45) is 4.99 Å². The first-order chi connectivity index (χ1) is 9.04. The van der Waals surface area contributed by atoms with Gasteiger partial charge < -0.3 is 15.5 Å². The van der Waals surface area contributed by atoms with Crippen LogP contribution in [0.4, 0.5) is 0 Å². The molecule has 0 bridgehead atoms. The van der Waals surface area contributed by atoms with Crippen molar-refractivity contribution in [1.82, 2.24) is 15.5 Å². The minimum absolute atomic E-state index is 0.575. The Morgan fingerprint density at radius 1 is 1.42 bits per heavy atom. The first-order valence-corrected chi connectivity index (χ1v) is 7.60. The van der Waals surface area contributed by atoms with E-state index in [0.717, 1.165) is 25.6 Å². The van der Waals surface area contributed by atoms with Gasteiger partial charge >= 0.3 is 0 Å². The molecule has 108 valence electrons. The first-order valence-electron chi connectivity index (χ1n) is 6.72. The van der Waals surface area contributed by atoms with Gasteiger partial charge in [0.05, 0.1) is 6.54 Å². The zero-order valence-electron chi connectivity index (χ0n) is 12.7. The van der Waals surface area contributed by atoms with Crippen molar-refractivity contribution in [3.63, 3.8) is 0 Å². The molecule has 4 nitrogen and oxygen atoms in total. The highest BCUT2D eigenvalue weighted by molar-refractivity contribution is 7.10. The Balaban J connectivity index is 2.29. The minimum atomic E-state index is 0.575. The van der Waals surface area contributed by atoms with Crippen molar-refractivity contribution in [2.75, 3.05) is 27.2 Å². The van der Waals surface area contributed by atoms with Gasteiger partial charge in [-0.1, -0.05) is 0 Å². The SMILES string of the molecule is CN=C(NCCN(C)C(C)C)NCc1sccc1C. The molecule has 0 aromatic carbocycles. The maximum Gasteiger partial charge on any atom is 0.191 e. The quantitative estimate of drug-likeness (QED) is 0.620. The zero-order chi connectivity index (χ0) is 14.3. The number of hydrogen-bond donors (Lipinski definition) is 2. The summed E-state index contributed by atoms with van der Waals surface area (Å²) in [6, 6.07) is 2.72. The number of guanidine groups is 1. The lowest BCUT2D eigenvalue weighted by Gasteiger charge is -2.21. The number of nitrogens with zero attached hydrogens (tertiary/aromatic N) is 2. The van der Waals surface area contributed by atoms with Gasteiger partial charge in [-0.15, -0.1) is 11.3 Å². The highest BCUT2D eigenvalue weighted by Crippen LogP contribution is 2.14. The Kier molecular flexibility index (Phi) is 6.87. The van der Waals surface area contributed by atoms with Crippen molar-refractivity contribution < 1.29 is 0 Å². The van der Waals surface area contributed by atoms with Gasteiger partial charge in [0.25, 0.3) is 0 Å². The number of hydrogen-bond acceptors (Lipinski definition) is 3. The molecule has 0 aliphatic rings. The van der Waals surface area contributed by atoms with E-state index < -0.39 is 0 Å². The third-order valence-corrected chi connectivity index (χ3v) is 4.27. The predicted molar refractivity (Wildman–Crippen MR) is 85.0 cm³/mol. The lowest BCUT2D eigenvalue weighted by molar-refractivity contribution is 0.278. The molecule has 0 atom stereocenters. The van der Waals surface area contributed by atoms with E-state index in [1.807, 2.05) is 7.05 Å². The van der Waals surface area contributed by atoms with Crippen LogP contribution in [0, 0.1) is 6.92 Å². The topological polar surface area (TPSA) is 39.7 Å².